The largest absolute Gasteiger partial charge is 0.324 e. The molecule has 4 heteroatoms. The van der Waals surface area contributed by atoms with Gasteiger partial charge in [0.15, 0.2) is 0 Å². The van der Waals surface area contributed by atoms with Crippen LogP contribution >= 0.6 is 15.9 Å². The molecule has 2 rings (SSSR count). The second-order valence-corrected chi connectivity index (χ2v) is 5.25. The Bertz CT molecular complexity index is 519. The van der Waals surface area contributed by atoms with Crippen LogP contribution in [0.15, 0.2) is 35.1 Å². The van der Waals surface area contributed by atoms with Gasteiger partial charge in [-0.15, -0.1) is 0 Å². The zero-order chi connectivity index (χ0) is 12.4. The number of hydrogen-bond acceptors (Lipinski definition) is 2. The van der Waals surface area contributed by atoms with Crippen LogP contribution in [0.2, 0.25) is 0 Å². The Kier molecular flexibility index (Phi) is 3.64. The van der Waals surface area contributed by atoms with Crippen molar-refractivity contribution in [2.45, 2.75) is 19.4 Å². The molecule has 0 aliphatic carbocycles. The van der Waals surface area contributed by atoms with Gasteiger partial charge in [-0.2, -0.15) is 5.10 Å². The van der Waals surface area contributed by atoms with Crippen molar-refractivity contribution in [2.24, 2.45) is 12.8 Å². The first-order valence-corrected chi connectivity index (χ1v) is 6.34. The van der Waals surface area contributed by atoms with E-state index < -0.39 is 0 Å². The van der Waals surface area contributed by atoms with Crippen LogP contribution in [0.3, 0.4) is 0 Å². The summed E-state index contributed by atoms with van der Waals surface area (Å²) in [5.41, 5.74) is 9.81. The Hall–Kier alpha value is -1.13. The number of hydrogen-bond donors (Lipinski definition) is 1. The molecule has 2 N–H and O–H groups in total. The molecule has 1 unspecified atom stereocenters. The molecule has 0 bridgehead atoms. The minimum atomic E-state index is 0.0206. The number of nitrogens with zero attached hydrogens (tertiary/aromatic N) is 2. The van der Waals surface area contributed by atoms with Gasteiger partial charge in [0.1, 0.15) is 0 Å². The average molecular weight is 294 g/mol. The Morgan fingerprint density at radius 3 is 2.82 bits per heavy atom. The van der Waals surface area contributed by atoms with Gasteiger partial charge >= 0.3 is 0 Å². The molecule has 0 aliphatic rings. The van der Waals surface area contributed by atoms with Gasteiger partial charge in [-0.25, -0.2) is 0 Å². The van der Waals surface area contributed by atoms with Crippen molar-refractivity contribution in [1.82, 2.24) is 9.78 Å². The maximum absolute atomic E-state index is 6.23. The van der Waals surface area contributed by atoms with E-state index in [-0.39, 0.29) is 6.04 Å². The van der Waals surface area contributed by atoms with E-state index in [0.29, 0.717) is 0 Å². The molecule has 1 atom stereocenters. The van der Waals surface area contributed by atoms with E-state index in [1.54, 1.807) is 4.68 Å². The number of nitrogens with two attached hydrogens (primary N) is 1. The van der Waals surface area contributed by atoms with Crippen molar-refractivity contribution < 1.29 is 0 Å². The van der Waals surface area contributed by atoms with Crippen molar-refractivity contribution in [3.05, 3.63) is 51.8 Å². The molecule has 2 aromatic rings. The van der Waals surface area contributed by atoms with Crippen LogP contribution < -0.4 is 5.73 Å². The summed E-state index contributed by atoms with van der Waals surface area (Å²) in [7, 11) is 1.92. The van der Waals surface area contributed by atoms with E-state index in [2.05, 4.69) is 40.1 Å². The Labute approximate surface area is 110 Å². The molecule has 1 heterocycles. The summed E-state index contributed by atoms with van der Waals surface area (Å²) < 4.78 is 2.89. The van der Waals surface area contributed by atoms with E-state index in [4.69, 9.17) is 5.73 Å². The minimum absolute atomic E-state index is 0.0206. The lowest BCUT2D eigenvalue weighted by molar-refractivity contribution is 0.714. The lowest BCUT2D eigenvalue weighted by Crippen LogP contribution is -2.14. The highest BCUT2D eigenvalue weighted by atomic mass is 79.9. The molecule has 0 amide bonds. The summed E-state index contributed by atoms with van der Waals surface area (Å²) >= 11 is 3.46. The third-order valence-corrected chi connectivity index (χ3v) is 3.34. The van der Waals surface area contributed by atoms with Crippen molar-refractivity contribution in [2.75, 3.05) is 0 Å². The van der Waals surface area contributed by atoms with Crippen LogP contribution in [0.4, 0.5) is 0 Å². The predicted molar refractivity (Wildman–Crippen MR) is 72.7 cm³/mol. The van der Waals surface area contributed by atoms with Crippen LogP contribution in [0.1, 0.15) is 22.7 Å². The summed E-state index contributed by atoms with van der Waals surface area (Å²) in [4.78, 5) is 0. The fourth-order valence-electron chi connectivity index (χ4n) is 2.00. The molecule has 3 nitrogen and oxygen atoms in total. The second kappa shape index (κ2) is 5.02. The molecule has 0 saturated heterocycles. The lowest BCUT2D eigenvalue weighted by atomic mass is 9.97. The zero-order valence-electron chi connectivity index (χ0n) is 10.0. The molecule has 90 valence electrons. The standard InChI is InChI=1S/C13H16BrN3/c1-9-5-11(14)3-4-12(9)13(15)6-10-7-16-17(2)8-10/h3-5,7-8,13H,6,15H2,1-2H3. The van der Waals surface area contributed by atoms with Crippen molar-refractivity contribution >= 4 is 15.9 Å². The van der Waals surface area contributed by atoms with Gasteiger partial charge in [0.25, 0.3) is 0 Å². The smallest absolute Gasteiger partial charge is 0.0522 e. The molecule has 0 fully saturated rings. The van der Waals surface area contributed by atoms with E-state index in [0.717, 1.165) is 10.9 Å². The predicted octanol–water partition coefficient (Wildman–Crippen LogP) is 2.73. The number of aryl methyl sites for hydroxylation is 2. The highest BCUT2D eigenvalue weighted by Crippen LogP contribution is 2.22. The van der Waals surface area contributed by atoms with Gasteiger partial charge in [-0.3, -0.25) is 4.68 Å². The van der Waals surface area contributed by atoms with Crippen LogP contribution in [0, 0.1) is 6.92 Å². The first-order valence-electron chi connectivity index (χ1n) is 5.55. The van der Waals surface area contributed by atoms with Crippen LogP contribution in [-0.2, 0) is 13.5 Å². The Morgan fingerprint density at radius 1 is 1.47 bits per heavy atom. The quantitative estimate of drug-likeness (QED) is 0.946. The third-order valence-electron chi connectivity index (χ3n) is 2.85. The molecule has 0 spiro atoms. The molecule has 0 radical (unpaired) electrons. The summed E-state index contributed by atoms with van der Waals surface area (Å²) in [6, 6.07) is 6.23. The summed E-state index contributed by atoms with van der Waals surface area (Å²) in [5.74, 6) is 0. The van der Waals surface area contributed by atoms with E-state index >= 15 is 0 Å². The van der Waals surface area contributed by atoms with Crippen LogP contribution in [0.5, 0.6) is 0 Å². The third kappa shape index (κ3) is 2.96. The maximum atomic E-state index is 6.23. The summed E-state index contributed by atoms with van der Waals surface area (Å²) in [6.45, 7) is 2.09. The SMILES string of the molecule is Cc1cc(Br)ccc1C(N)Cc1cnn(C)c1. The highest BCUT2D eigenvalue weighted by Gasteiger charge is 2.10. The van der Waals surface area contributed by atoms with Gasteiger partial charge in [0.2, 0.25) is 0 Å². The molecule has 1 aromatic carbocycles. The summed E-state index contributed by atoms with van der Waals surface area (Å²) in [6.07, 6.45) is 4.69. The molecule has 0 aliphatic heterocycles. The Balaban J connectivity index is 2.17. The van der Waals surface area contributed by atoms with Gasteiger partial charge in [-0.05, 0) is 42.2 Å². The average Bonchev–Trinajstić information content (AvgIpc) is 2.63. The van der Waals surface area contributed by atoms with Crippen molar-refractivity contribution in [1.29, 1.82) is 0 Å². The normalized spacial score (nSPS) is 12.7. The molecule has 1 aromatic heterocycles. The second-order valence-electron chi connectivity index (χ2n) is 4.33. The topological polar surface area (TPSA) is 43.8 Å². The minimum Gasteiger partial charge on any atom is -0.324 e. The maximum Gasteiger partial charge on any atom is 0.0522 e. The van der Waals surface area contributed by atoms with Crippen molar-refractivity contribution in [3.63, 3.8) is 0 Å². The van der Waals surface area contributed by atoms with E-state index in [1.807, 2.05) is 25.5 Å². The number of aromatic nitrogens is 2. The molecule has 0 saturated carbocycles. The van der Waals surface area contributed by atoms with Crippen LogP contribution in [0.25, 0.3) is 0 Å². The first kappa shape index (κ1) is 12.3. The van der Waals surface area contributed by atoms with Gasteiger partial charge < -0.3 is 5.73 Å². The monoisotopic (exact) mass is 293 g/mol. The van der Waals surface area contributed by atoms with E-state index in [1.165, 1.54) is 16.7 Å². The fraction of sp³-hybridized carbons (Fsp3) is 0.308. The van der Waals surface area contributed by atoms with Crippen molar-refractivity contribution in [3.8, 4) is 0 Å². The lowest BCUT2D eigenvalue weighted by Gasteiger charge is -2.14. The van der Waals surface area contributed by atoms with Gasteiger partial charge in [0.05, 0.1) is 6.20 Å². The Morgan fingerprint density at radius 2 is 2.24 bits per heavy atom. The van der Waals surface area contributed by atoms with E-state index in [9.17, 15) is 0 Å². The summed E-state index contributed by atoms with van der Waals surface area (Å²) in [5, 5.41) is 4.15. The molecular weight excluding hydrogens is 278 g/mol. The first-order chi connectivity index (χ1) is 8.06. The molecule has 17 heavy (non-hydrogen) atoms. The van der Waals surface area contributed by atoms with Gasteiger partial charge in [-0.1, -0.05) is 22.0 Å². The fourth-order valence-corrected chi connectivity index (χ4v) is 2.47. The van der Waals surface area contributed by atoms with Gasteiger partial charge in [0, 0.05) is 23.8 Å². The van der Waals surface area contributed by atoms with Crippen LogP contribution in [-0.4, -0.2) is 9.78 Å². The highest BCUT2D eigenvalue weighted by molar-refractivity contribution is 9.10. The number of benzene rings is 1. The zero-order valence-corrected chi connectivity index (χ0v) is 11.6. The number of halogens is 1. The molecular formula is C13H16BrN3. The number of rotatable bonds is 3.